The number of aromatic nitrogens is 2. The minimum Gasteiger partial charge on any atom is -0.460 e. The first kappa shape index (κ1) is 10.8. The van der Waals surface area contributed by atoms with Crippen molar-refractivity contribution in [3.63, 3.8) is 0 Å². The molecule has 3 rings (SSSR count). The molecule has 0 aliphatic rings. The van der Waals surface area contributed by atoms with E-state index in [9.17, 15) is 0 Å². The first-order chi connectivity index (χ1) is 8.74. The van der Waals surface area contributed by atoms with Gasteiger partial charge in [0.05, 0.1) is 17.2 Å². The van der Waals surface area contributed by atoms with Gasteiger partial charge >= 0.3 is 0 Å². The molecule has 0 N–H and O–H groups in total. The van der Waals surface area contributed by atoms with Crippen LogP contribution in [0.4, 0.5) is 5.95 Å². The Bertz CT molecular complexity index is 722. The smallest absolute Gasteiger partial charge is 0.230 e. The van der Waals surface area contributed by atoms with E-state index in [2.05, 4.69) is 9.98 Å². The monoisotopic (exact) mass is 239 g/mol. The van der Waals surface area contributed by atoms with Crippen molar-refractivity contribution in [1.29, 1.82) is 0 Å². The number of para-hydroxylation sites is 2. The lowest BCUT2D eigenvalue weighted by molar-refractivity contribution is 0.528. The zero-order valence-corrected chi connectivity index (χ0v) is 10.3. The lowest BCUT2D eigenvalue weighted by Gasteiger charge is -1.95. The summed E-state index contributed by atoms with van der Waals surface area (Å²) in [6.45, 7) is 1.91. The van der Waals surface area contributed by atoms with E-state index in [0.29, 0.717) is 5.95 Å². The molecule has 18 heavy (non-hydrogen) atoms. The number of hydrogen-bond acceptors (Lipinski definition) is 3. The Morgan fingerprint density at radius 3 is 2.78 bits per heavy atom. The fourth-order valence-corrected chi connectivity index (χ4v) is 1.89. The van der Waals surface area contributed by atoms with Gasteiger partial charge in [0.1, 0.15) is 11.5 Å². The average molecular weight is 239 g/mol. The summed E-state index contributed by atoms with van der Waals surface area (Å²) >= 11 is 0. The van der Waals surface area contributed by atoms with E-state index >= 15 is 0 Å². The van der Waals surface area contributed by atoms with Crippen LogP contribution in [0.2, 0.25) is 0 Å². The van der Waals surface area contributed by atoms with Crippen molar-refractivity contribution in [3.8, 4) is 0 Å². The van der Waals surface area contributed by atoms with Gasteiger partial charge in [-0.15, -0.1) is 0 Å². The van der Waals surface area contributed by atoms with Crippen LogP contribution in [-0.4, -0.2) is 15.8 Å². The molecule has 4 nitrogen and oxygen atoms in total. The predicted molar refractivity (Wildman–Crippen MR) is 71.4 cm³/mol. The maximum Gasteiger partial charge on any atom is 0.230 e. The van der Waals surface area contributed by atoms with Crippen LogP contribution in [-0.2, 0) is 7.05 Å². The fourth-order valence-electron chi connectivity index (χ4n) is 1.89. The summed E-state index contributed by atoms with van der Waals surface area (Å²) in [5.41, 5.74) is 2.02. The van der Waals surface area contributed by atoms with Crippen LogP contribution in [0.25, 0.3) is 11.0 Å². The number of rotatable bonds is 2. The summed E-state index contributed by atoms with van der Waals surface area (Å²) in [5.74, 6) is 2.28. The Morgan fingerprint density at radius 1 is 1.22 bits per heavy atom. The second kappa shape index (κ2) is 4.14. The van der Waals surface area contributed by atoms with Crippen molar-refractivity contribution >= 4 is 23.2 Å². The summed E-state index contributed by atoms with van der Waals surface area (Å²) in [6, 6.07) is 11.8. The summed E-state index contributed by atoms with van der Waals surface area (Å²) in [6.07, 6.45) is 1.69. The van der Waals surface area contributed by atoms with Crippen LogP contribution in [0.5, 0.6) is 0 Å². The van der Waals surface area contributed by atoms with Gasteiger partial charge in [-0.1, -0.05) is 12.1 Å². The highest BCUT2D eigenvalue weighted by Gasteiger charge is 2.05. The molecule has 2 heterocycles. The topological polar surface area (TPSA) is 43.3 Å². The highest BCUT2D eigenvalue weighted by Crippen LogP contribution is 2.19. The second-order valence-corrected chi connectivity index (χ2v) is 4.17. The molecule has 0 saturated heterocycles. The van der Waals surface area contributed by atoms with Crippen molar-refractivity contribution in [2.24, 2.45) is 12.0 Å². The number of fused-ring (bicyclic) bond motifs is 1. The van der Waals surface area contributed by atoms with Gasteiger partial charge in [0.2, 0.25) is 5.95 Å². The average Bonchev–Trinajstić information content (AvgIpc) is 2.92. The summed E-state index contributed by atoms with van der Waals surface area (Å²) < 4.78 is 7.39. The molecule has 0 aliphatic carbocycles. The van der Waals surface area contributed by atoms with Crippen LogP contribution < -0.4 is 0 Å². The number of imidazole rings is 1. The molecule has 0 saturated carbocycles. The van der Waals surface area contributed by atoms with E-state index in [1.165, 1.54) is 0 Å². The Balaban J connectivity index is 2.00. The van der Waals surface area contributed by atoms with Crippen molar-refractivity contribution in [2.45, 2.75) is 6.92 Å². The van der Waals surface area contributed by atoms with Gasteiger partial charge in [0, 0.05) is 7.05 Å². The fraction of sp³-hybridized carbons (Fsp3) is 0.143. The van der Waals surface area contributed by atoms with E-state index in [-0.39, 0.29) is 0 Å². The van der Waals surface area contributed by atoms with Gasteiger partial charge in [-0.2, -0.15) is 0 Å². The molecular formula is C14H13N3O. The molecule has 90 valence electrons. The van der Waals surface area contributed by atoms with Crippen LogP contribution in [0.1, 0.15) is 11.5 Å². The van der Waals surface area contributed by atoms with Gasteiger partial charge < -0.3 is 8.98 Å². The quantitative estimate of drug-likeness (QED) is 0.644. The zero-order valence-electron chi connectivity index (χ0n) is 10.3. The molecule has 0 atom stereocenters. The molecule has 0 unspecified atom stereocenters. The van der Waals surface area contributed by atoms with E-state index in [1.807, 2.05) is 54.9 Å². The first-order valence-electron chi connectivity index (χ1n) is 5.76. The molecule has 0 aliphatic heterocycles. The van der Waals surface area contributed by atoms with E-state index in [1.54, 1.807) is 6.21 Å². The third-order valence-electron chi connectivity index (χ3n) is 2.83. The largest absolute Gasteiger partial charge is 0.460 e. The van der Waals surface area contributed by atoms with Crippen molar-refractivity contribution in [1.82, 2.24) is 9.55 Å². The molecule has 0 amide bonds. The van der Waals surface area contributed by atoms with Crippen LogP contribution in [0.15, 0.2) is 45.8 Å². The van der Waals surface area contributed by atoms with Gasteiger partial charge in [0.25, 0.3) is 0 Å². The molecule has 1 aromatic carbocycles. The molecule has 3 aromatic rings. The van der Waals surface area contributed by atoms with Crippen LogP contribution >= 0.6 is 0 Å². The summed E-state index contributed by atoms with van der Waals surface area (Å²) in [4.78, 5) is 8.82. The third kappa shape index (κ3) is 1.82. The Hall–Kier alpha value is -2.36. The lowest BCUT2D eigenvalue weighted by Crippen LogP contribution is -1.86. The van der Waals surface area contributed by atoms with E-state index < -0.39 is 0 Å². The van der Waals surface area contributed by atoms with Gasteiger partial charge in [-0.25, -0.2) is 9.98 Å². The number of hydrogen-bond donors (Lipinski definition) is 0. The molecule has 0 radical (unpaired) electrons. The Labute approximate surface area is 105 Å². The van der Waals surface area contributed by atoms with E-state index in [0.717, 1.165) is 22.6 Å². The number of aryl methyl sites for hydroxylation is 2. The minimum atomic E-state index is 0.672. The van der Waals surface area contributed by atoms with Crippen LogP contribution in [0.3, 0.4) is 0 Å². The van der Waals surface area contributed by atoms with E-state index in [4.69, 9.17) is 4.42 Å². The molecule has 0 bridgehead atoms. The first-order valence-corrected chi connectivity index (χ1v) is 5.76. The number of nitrogens with zero attached hydrogens (tertiary/aromatic N) is 3. The Kier molecular flexibility index (Phi) is 2.48. The van der Waals surface area contributed by atoms with Crippen molar-refractivity contribution in [2.75, 3.05) is 0 Å². The van der Waals surface area contributed by atoms with Gasteiger partial charge in [-0.05, 0) is 31.2 Å². The highest BCUT2D eigenvalue weighted by molar-refractivity contribution is 5.81. The van der Waals surface area contributed by atoms with Gasteiger partial charge in [-0.3, -0.25) is 0 Å². The molecule has 4 heteroatoms. The summed E-state index contributed by atoms with van der Waals surface area (Å²) in [5, 5.41) is 0. The van der Waals surface area contributed by atoms with Crippen LogP contribution in [0, 0.1) is 6.92 Å². The standard InChI is InChI=1S/C14H13N3O/c1-10-7-8-11(18-10)9-15-14-16-12-5-3-4-6-13(12)17(14)2/h3-9H,1-2H3/b15-9+. The third-order valence-corrected chi connectivity index (χ3v) is 2.83. The minimum absolute atomic E-state index is 0.672. The van der Waals surface area contributed by atoms with Crippen molar-refractivity contribution in [3.05, 3.63) is 47.9 Å². The molecule has 0 fully saturated rings. The zero-order chi connectivity index (χ0) is 12.5. The molecular weight excluding hydrogens is 226 g/mol. The molecule has 2 aromatic heterocycles. The maximum absolute atomic E-state index is 5.43. The number of benzene rings is 1. The number of furan rings is 1. The van der Waals surface area contributed by atoms with Crippen molar-refractivity contribution < 1.29 is 4.42 Å². The molecule has 0 spiro atoms. The summed E-state index contributed by atoms with van der Waals surface area (Å²) in [7, 11) is 1.95. The second-order valence-electron chi connectivity index (χ2n) is 4.17. The predicted octanol–water partition coefficient (Wildman–Crippen LogP) is 3.23. The lowest BCUT2D eigenvalue weighted by atomic mass is 10.3. The van der Waals surface area contributed by atoms with Gasteiger partial charge in [0.15, 0.2) is 0 Å². The normalized spacial score (nSPS) is 11.7. The maximum atomic E-state index is 5.43. The highest BCUT2D eigenvalue weighted by atomic mass is 16.3. The SMILES string of the molecule is Cc1ccc(/C=N/c2nc3ccccc3n2C)o1. The Morgan fingerprint density at radius 2 is 2.06 bits per heavy atom. The number of aliphatic imine (C=N–C) groups is 1.